The van der Waals surface area contributed by atoms with Gasteiger partial charge in [0.1, 0.15) is 0 Å². The molecule has 1 heterocycles. The van der Waals surface area contributed by atoms with E-state index in [1.807, 2.05) is 30.3 Å². The minimum atomic E-state index is -0.248. The molecule has 5 heteroatoms. The van der Waals surface area contributed by atoms with Crippen LogP contribution in [0.1, 0.15) is 30.1 Å². The minimum absolute atomic E-state index is 0.248. The Bertz CT molecular complexity index is 537. The molecule has 0 saturated heterocycles. The smallest absolute Gasteiger partial charge is 0.240 e. The molecule has 1 saturated carbocycles. The summed E-state index contributed by atoms with van der Waals surface area (Å²) in [4.78, 5) is 4.34. The third kappa shape index (κ3) is 3.65. The van der Waals surface area contributed by atoms with E-state index in [-0.39, 0.29) is 6.10 Å². The number of nitrogens with zero attached hydrogens (tertiary/aromatic N) is 2. The molecule has 106 valence electrons. The number of hydrogen-bond acceptors (Lipinski definition) is 5. The summed E-state index contributed by atoms with van der Waals surface area (Å²) in [7, 11) is 0. The van der Waals surface area contributed by atoms with Crippen LogP contribution in [0.5, 0.6) is 0 Å². The Kier molecular flexibility index (Phi) is 4.08. The van der Waals surface area contributed by atoms with E-state index in [1.165, 1.54) is 0 Å². The van der Waals surface area contributed by atoms with Crippen molar-refractivity contribution in [2.45, 2.75) is 31.9 Å². The van der Waals surface area contributed by atoms with E-state index < -0.39 is 0 Å². The summed E-state index contributed by atoms with van der Waals surface area (Å²) < 4.78 is 5.19. The van der Waals surface area contributed by atoms with Crippen LogP contribution in [-0.2, 0) is 13.0 Å². The van der Waals surface area contributed by atoms with Gasteiger partial charge in [-0.25, -0.2) is 0 Å². The molecule has 1 atom stereocenters. The zero-order valence-electron chi connectivity index (χ0n) is 11.3. The lowest BCUT2D eigenvalue weighted by atomic mass is 10.1. The standard InChI is InChI=1S/C15H19N3O2/c19-13(12-6-7-12)9-16-10-15-17-14(18-20-15)8-11-4-2-1-3-5-11/h1-5,12-13,16,19H,6-10H2. The molecule has 2 aromatic rings. The maximum atomic E-state index is 9.74. The van der Waals surface area contributed by atoms with Crippen molar-refractivity contribution in [3.05, 3.63) is 47.6 Å². The number of aromatic nitrogens is 2. The fourth-order valence-corrected chi connectivity index (χ4v) is 2.19. The molecule has 1 aromatic carbocycles. The minimum Gasteiger partial charge on any atom is -0.392 e. The fraction of sp³-hybridized carbons (Fsp3) is 0.467. The molecule has 0 aliphatic heterocycles. The van der Waals surface area contributed by atoms with Gasteiger partial charge in [-0.3, -0.25) is 0 Å². The van der Waals surface area contributed by atoms with Gasteiger partial charge in [0.05, 0.1) is 12.6 Å². The third-order valence-electron chi connectivity index (χ3n) is 3.51. The van der Waals surface area contributed by atoms with Crippen LogP contribution in [0.15, 0.2) is 34.9 Å². The maximum absolute atomic E-state index is 9.74. The zero-order valence-corrected chi connectivity index (χ0v) is 11.3. The van der Waals surface area contributed by atoms with Crippen LogP contribution in [0.4, 0.5) is 0 Å². The largest absolute Gasteiger partial charge is 0.392 e. The molecule has 20 heavy (non-hydrogen) atoms. The summed E-state index contributed by atoms with van der Waals surface area (Å²) in [5.74, 6) is 1.74. The lowest BCUT2D eigenvalue weighted by Crippen LogP contribution is -2.27. The first-order valence-electron chi connectivity index (χ1n) is 7.05. The summed E-state index contributed by atoms with van der Waals surface area (Å²) in [6.07, 6.45) is 2.71. The van der Waals surface area contributed by atoms with Gasteiger partial charge in [0.25, 0.3) is 0 Å². The van der Waals surface area contributed by atoms with Gasteiger partial charge in [-0.1, -0.05) is 35.5 Å². The second-order valence-corrected chi connectivity index (χ2v) is 5.30. The molecule has 0 amide bonds. The monoisotopic (exact) mass is 273 g/mol. The van der Waals surface area contributed by atoms with Gasteiger partial charge in [-0.05, 0) is 24.3 Å². The first-order chi connectivity index (χ1) is 9.81. The van der Waals surface area contributed by atoms with Crippen LogP contribution >= 0.6 is 0 Å². The second-order valence-electron chi connectivity index (χ2n) is 5.30. The molecule has 3 rings (SSSR count). The SMILES string of the molecule is OC(CNCc1nc(Cc2ccccc2)no1)C1CC1. The van der Waals surface area contributed by atoms with E-state index >= 15 is 0 Å². The molecule has 1 fully saturated rings. The topological polar surface area (TPSA) is 71.2 Å². The molecule has 2 N–H and O–H groups in total. The molecule has 1 aliphatic carbocycles. The average molecular weight is 273 g/mol. The molecule has 1 aliphatic rings. The number of hydrogen-bond donors (Lipinski definition) is 2. The number of nitrogens with one attached hydrogen (secondary N) is 1. The third-order valence-corrected chi connectivity index (χ3v) is 3.51. The Morgan fingerprint density at radius 3 is 2.85 bits per heavy atom. The highest BCUT2D eigenvalue weighted by Crippen LogP contribution is 2.32. The molecule has 5 nitrogen and oxygen atoms in total. The van der Waals surface area contributed by atoms with Gasteiger partial charge in [0.2, 0.25) is 5.89 Å². The Balaban J connectivity index is 1.46. The van der Waals surface area contributed by atoms with Gasteiger partial charge >= 0.3 is 0 Å². The number of aliphatic hydroxyl groups is 1. The van der Waals surface area contributed by atoms with Crippen molar-refractivity contribution >= 4 is 0 Å². The number of aliphatic hydroxyl groups excluding tert-OH is 1. The molecule has 0 radical (unpaired) electrons. The fourth-order valence-electron chi connectivity index (χ4n) is 2.19. The number of benzene rings is 1. The normalized spacial score (nSPS) is 16.2. The summed E-state index contributed by atoms with van der Waals surface area (Å²) in [5, 5.41) is 16.9. The van der Waals surface area contributed by atoms with Crippen LogP contribution in [0.2, 0.25) is 0 Å². The Hall–Kier alpha value is -1.72. The molecule has 0 spiro atoms. The van der Waals surface area contributed by atoms with Gasteiger partial charge in [-0.15, -0.1) is 0 Å². The van der Waals surface area contributed by atoms with Crippen molar-refractivity contribution in [2.24, 2.45) is 5.92 Å². The van der Waals surface area contributed by atoms with E-state index in [4.69, 9.17) is 4.52 Å². The summed E-state index contributed by atoms with van der Waals surface area (Å²) in [5.41, 5.74) is 1.16. The molecule has 0 bridgehead atoms. The van der Waals surface area contributed by atoms with Crippen LogP contribution in [-0.4, -0.2) is 27.9 Å². The Labute approximate surface area is 118 Å². The van der Waals surface area contributed by atoms with Crippen molar-refractivity contribution in [1.82, 2.24) is 15.5 Å². The summed E-state index contributed by atoms with van der Waals surface area (Å²) in [6.45, 7) is 1.09. The first kappa shape index (κ1) is 13.3. The van der Waals surface area contributed by atoms with Gasteiger partial charge in [0.15, 0.2) is 5.82 Å². The highest BCUT2D eigenvalue weighted by Gasteiger charge is 2.29. The van der Waals surface area contributed by atoms with E-state index in [1.54, 1.807) is 0 Å². The van der Waals surface area contributed by atoms with Crippen LogP contribution in [0.25, 0.3) is 0 Å². The lowest BCUT2D eigenvalue weighted by molar-refractivity contribution is 0.147. The van der Waals surface area contributed by atoms with E-state index in [0.29, 0.717) is 37.1 Å². The van der Waals surface area contributed by atoms with Crippen LogP contribution < -0.4 is 5.32 Å². The molecule has 1 unspecified atom stereocenters. The quantitative estimate of drug-likeness (QED) is 0.800. The van der Waals surface area contributed by atoms with Crippen molar-refractivity contribution < 1.29 is 9.63 Å². The molecular formula is C15H19N3O2. The predicted octanol–water partition coefficient (Wildman–Crippen LogP) is 1.52. The van der Waals surface area contributed by atoms with Crippen molar-refractivity contribution in [1.29, 1.82) is 0 Å². The summed E-state index contributed by atoms with van der Waals surface area (Å²) >= 11 is 0. The highest BCUT2D eigenvalue weighted by molar-refractivity contribution is 5.18. The van der Waals surface area contributed by atoms with Crippen molar-refractivity contribution in [2.75, 3.05) is 6.54 Å². The Morgan fingerprint density at radius 1 is 1.30 bits per heavy atom. The second kappa shape index (κ2) is 6.15. The molecular weight excluding hydrogens is 254 g/mol. The van der Waals surface area contributed by atoms with Gasteiger partial charge < -0.3 is 14.9 Å². The van der Waals surface area contributed by atoms with E-state index in [2.05, 4.69) is 15.5 Å². The average Bonchev–Trinajstić information content (AvgIpc) is 3.23. The first-order valence-corrected chi connectivity index (χ1v) is 7.05. The van der Waals surface area contributed by atoms with Crippen molar-refractivity contribution in [3.63, 3.8) is 0 Å². The maximum Gasteiger partial charge on any atom is 0.240 e. The lowest BCUT2D eigenvalue weighted by Gasteiger charge is -2.08. The van der Waals surface area contributed by atoms with E-state index in [0.717, 1.165) is 18.4 Å². The van der Waals surface area contributed by atoms with Gasteiger partial charge in [0, 0.05) is 13.0 Å². The predicted molar refractivity (Wildman–Crippen MR) is 74.0 cm³/mol. The van der Waals surface area contributed by atoms with Crippen molar-refractivity contribution in [3.8, 4) is 0 Å². The zero-order chi connectivity index (χ0) is 13.8. The van der Waals surface area contributed by atoms with Crippen LogP contribution in [0, 0.1) is 5.92 Å². The summed E-state index contributed by atoms with van der Waals surface area (Å²) in [6, 6.07) is 10.1. The molecule has 1 aromatic heterocycles. The Morgan fingerprint density at radius 2 is 2.10 bits per heavy atom. The van der Waals surface area contributed by atoms with Gasteiger partial charge in [-0.2, -0.15) is 4.98 Å². The van der Waals surface area contributed by atoms with Crippen LogP contribution in [0.3, 0.4) is 0 Å². The highest BCUT2D eigenvalue weighted by atomic mass is 16.5. The van der Waals surface area contributed by atoms with E-state index in [9.17, 15) is 5.11 Å². The number of rotatable bonds is 7.